The summed E-state index contributed by atoms with van der Waals surface area (Å²) in [5.74, 6) is 0.353. The number of piperazine rings is 1. The van der Waals surface area contributed by atoms with Crippen LogP contribution in [0.25, 0.3) is 11.1 Å². The Labute approximate surface area is 167 Å². The van der Waals surface area contributed by atoms with Crippen LogP contribution in [-0.4, -0.2) is 48.7 Å². The van der Waals surface area contributed by atoms with E-state index < -0.39 is 0 Å². The number of carbonyl (C=O) groups excluding carboxylic acids is 1. The molecule has 5 nitrogen and oxygen atoms in total. The maximum Gasteiger partial charge on any atom is 0.409 e. The van der Waals surface area contributed by atoms with Crippen LogP contribution < -0.4 is 0 Å². The second kappa shape index (κ2) is 9.38. The van der Waals surface area contributed by atoms with Crippen LogP contribution in [0.2, 0.25) is 0 Å². The molecule has 1 fully saturated rings. The highest BCUT2D eigenvalue weighted by Gasteiger charge is 2.22. The standard InChI is InChI=1S/C23H27N3O2/c1-18(2)17-28-23(27)26-11-9-25(10-12-26)16-20-6-4-8-22(14-20)21-7-3-5-19(13-21)15-24/h3-8,13-14,18H,9-12,16-17H2,1-2H3. The summed E-state index contributed by atoms with van der Waals surface area (Å²) in [6.07, 6.45) is -0.201. The molecule has 0 N–H and O–H groups in total. The fourth-order valence-electron chi connectivity index (χ4n) is 3.29. The van der Waals surface area contributed by atoms with E-state index in [2.05, 4.69) is 35.2 Å². The molecule has 146 valence electrons. The lowest BCUT2D eigenvalue weighted by molar-refractivity contribution is 0.0676. The van der Waals surface area contributed by atoms with E-state index in [0.717, 1.165) is 30.8 Å². The lowest BCUT2D eigenvalue weighted by atomic mass is 10.0. The van der Waals surface area contributed by atoms with Crippen LogP contribution in [0, 0.1) is 17.2 Å². The van der Waals surface area contributed by atoms with Gasteiger partial charge in [0.25, 0.3) is 0 Å². The topological polar surface area (TPSA) is 56.6 Å². The Hall–Kier alpha value is -2.84. The number of nitriles is 1. The second-order valence-electron chi connectivity index (χ2n) is 7.63. The van der Waals surface area contributed by atoms with Gasteiger partial charge < -0.3 is 9.64 Å². The van der Waals surface area contributed by atoms with Crippen molar-refractivity contribution in [3.05, 3.63) is 59.7 Å². The molecule has 1 aliphatic rings. The Bertz CT molecular complexity index is 849. The van der Waals surface area contributed by atoms with Crippen molar-refractivity contribution in [3.63, 3.8) is 0 Å². The third-order valence-corrected chi connectivity index (χ3v) is 4.83. The van der Waals surface area contributed by atoms with E-state index >= 15 is 0 Å². The van der Waals surface area contributed by atoms with E-state index in [1.165, 1.54) is 5.56 Å². The van der Waals surface area contributed by atoms with E-state index in [1.54, 1.807) is 4.90 Å². The van der Waals surface area contributed by atoms with Gasteiger partial charge in [0.15, 0.2) is 0 Å². The van der Waals surface area contributed by atoms with Gasteiger partial charge in [0.05, 0.1) is 18.2 Å². The van der Waals surface area contributed by atoms with Crippen LogP contribution in [0.4, 0.5) is 4.79 Å². The molecule has 28 heavy (non-hydrogen) atoms. The minimum Gasteiger partial charge on any atom is -0.449 e. The predicted molar refractivity (Wildman–Crippen MR) is 110 cm³/mol. The van der Waals surface area contributed by atoms with E-state index in [0.29, 0.717) is 31.2 Å². The first-order chi connectivity index (χ1) is 13.5. The summed E-state index contributed by atoms with van der Waals surface area (Å²) < 4.78 is 5.33. The number of amides is 1. The number of hydrogen-bond donors (Lipinski definition) is 0. The monoisotopic (exact) mass is 377 g/mol. The van der Waals surface area contributed by atoms with Gasteiger partial charge in [-0.2, -0.15) is 5.26 Å². The molecule has 2 aromatic rings. The molecule has 0 bridgehead atoms. The van der Waals surface area contributed by atoms with Gasteiger partial charge >= 0.3 is 6.09 Å². The van der Waals surface area contributed by atoms with E-state index in [4.69, 9.17) is 10.00 Å². The van der Waals surface area contributed by atoms with Crippen molar-refractivity contribution in [1.82, 2.24) is 9.80 Å². The molecule has 0 aliphatic carbocycles. The zero-order chi connectivity index (χ0) is 19.9. The van der Waals surface area contributed by atoms with E-state index in [1.807, 2.05) is 38.1 Å². The maximum absolute atomic E-state index is 12.1. The van der Waals surface area contributed by atoms with Crippen molar-refractivity contribution in [2.24, 2.45) is 5.92 Å². The average molecular weight is 377 g/mol. The van der Waals surface area contributed by atoms with Crippen molar-refractivity contribution in [3.8, 4) is 17.2 Å². The third kappa shape index (κ3) is 5.34. The Morgan fingerprint density at radius 1 is 1.07 bits per heavy atom. The van der Waals surface area contributed by atoms with Crippen molar-refractivity contribution in [1.29, 1.82) is 5.26 Å². The fourth-order valence-corrected chi connectivity index (χ4v) is 3.29. The molecule has 0 unspecified atom stereocenters. The van der Waals surface area contributed by atoms with Crippen LogP contribution in [0.3, 0.4) is 0 Å². The van der Waals surface area contributed by atoms with Crippen LogP contribution in [0.1, 0.15) is 25.0 Å². The van der Waals surface area contributed by atoms with Gasteiger partial charge in [-0.15, -0.1) is 0 Å². The van der Waals surface area contributed by atoms with Gasteiger partial charge in [-0.1, -0.05) is 44.2 Å². The van der Waals surface area contributed by atoms with Gasteiger partial charge in [0.2, 0.25) is 0 Å². The molecule has 1 heterocycles. The van der Waals surface area contributed by atoms with Crippen LogP contribution in [0.5, 0.6) is 0 Å². The second-order valence-corrected chi connectivity index (χ2v) is 7.63. The summed E-state index contributed by atoms with van der Waals surface area (Å²) in [6, 6.07) is 18.3. The van der Waals surface area contributed by atoms with Gasteiger partial charge in [-0.05, 0) is 40.8 Å². The summed E-state index contributed by atoms with van der Waals surface area (Å²) in [7, 11) is 0. The highest BCUT2D eigenvalue weighted by Crippen LogP contribution is 2.22. The Morgan fingerprint density at radius 3 is 2.43 bits per heavy atom. The molecule has 0 atom stereocenters. The van der Waals surface area contributed by atoms with Crippen LogP contribution >= 0.6 is 0 Å². The molecule has 1 saturated heterocycles. The SMILES string of the molecule is CC(C)COC(=O)N1CCN(Cc2cccc(-c3cccc(C#N)c3)c2)CC1. The number of hydrogen-bond acceptors (Lipinski definition) is 4. The summed E-state index contributed by atoms with van der Waals surface area (Å²) >= 11 is 0. The fraction of sp³-hybridized carbons (Fsp3) is 0.391. The largest absolute Gasteiger partial charge is 0.449 e. The molecule has 1 aliphatic heterocycles. The Morgan fingerprint density at radius 2 is 1.75 bits per heavy atom. The number of rotatable bonds is 5. The quantitative estimate of drug-likeness (QED) is 0.786. The first-order valence-corrected chi connectivity index (χ1v) is 9.78. The zero-order valence-corrected chi connectivity index (χ0v) is 16.6. The molecule has 5 heteroatoms. The highest BCUT2D eigenvalue weighted by atomic mass is 16.6. The molecule has 0 saturated carbocycles. The van der Waals surface area contributed by atoms with E-state index in [9.17, 15) is 4.79 Å². The highest BCUT2D eigenvalue weighted by molar-refractivity contribution is 5.68. The Balaban J connectivity index is 1.57. The van der Waals surface area contributed by atoms with Crippen molar-refractivity contribution < 1.29 is 9.53 Å². The molecule has 0 radical (unpaired) electrons. The number of ether oxygens (including phenoxy) is 1. The van der Waals surface area contributed by atoms with E-state index in [-0.39, 0.29) is 6.09 Å². The Kier molecular flexibility index (Phi) is 6.67. The molecular weight excluding hydrogens is 350 g/mol. The first kappa shape index (κ1) is 19.9. The first-order valence-electron chi connectivity index (χ1n) is 9.78. The predicted octanol–water partition coefficient (Wildman–Crippen LogP) is 4.14. The van der Waals surface area contributed by atoms with Crippen LogP contribution in [-0.2, 0) is 11.3 Å². The third-order valence-electron chi connectivity index (χ3n) is 4.83. The lowest BCUT2D eigenvalue weighted by Gasteiger charge is -2.34. The zero-order valence-electron chi connectivity index (χ0n) is 16.6. The van der Waals surface area contributed by atoms with Gasteiger partial charge in [-0.25, -0.2) is 4.79 Å². The van der Waals surface area contributed by atoms with Gasteiger partial charge in [0, 0.05) is 32.7 Å². The average Bonchev–Trinajstić information content (AvgIpc) is 2.73. The van der Waals surface area contributed by atoms with Crippen molar-refractivity contribution >= 4 is 6.09 Å². The summed E-state index contributed by atoms with van der Waals surface area (Å²) in [5.41, 5.74) is 4.07. The molecule has 0 spiro atoms. The van der Waals surface area contributed by atoms with Crippen molar-refractivity contribution in [2.45, 2.75) is 20.4 Å². The summed E-state index contributed by atoms with van der Waals surface area (Å²) in [6.45, 7) is 8.46. The van der Waals surface area contributed by atoms with Gasteiger partial charge in [-0.3, -0.25) is 4.90 Å². The molecule has 2 aromatic carbocycles. The number of nitrogens with zero attached hydrogens (tertiary/aromatic N) is 3. The minimum atomic E-state index is -0.201. The number of carbonyl (C=O) groups is 1. The summed E-state index contributed by atoms with van der Waals surface area (Å²) in [5, 5.41) is 9.11. The normalized spacial score (nSPS) is 14.7. The lowest BCUT2D eigenvalue weighted by Crippen LogP contribution is -2.48. The minimum absolute atomic E-state index is 0.201. The molecule has 1 amide bonds. The summed E-state index contributed by atoms with van der Waals surface area (Å²) in [4.78, 5) is 16.2. The smallest absolute Gasteiger partial charge is 0.409 e. The molecule has 3 rings (SSSR count). The molecule has 0 aromatic heterocycles. The van der Waals surface area contributed by atoms with Crippen LogP contribution in [0.15, 0.2) is 48.5 Å². The maximum atomic E-state index is 12.1. The number of benzene rings is 2. The van der Waals surface area contributed by atoms with Crippen molar-refractivity contribution in [2.75, 3.05) is 32.8 Å². The van der Waals surface area contributed by atoms with Gasteiger partial charge in [0.1, 0.15) is 0 Å². The molecular formula is C23H27N3O2.